The summed E-state index contributed by atoms with van der Waals surface area (Å²) in [7, 11) is 0. The second-order valence-electron chi connectivity index (χ2n) is 5.59. The number of benzene rings is 3. The molecule has 0 aliphatic rings. The van der Waals surface area contributed by atoms with Crippen LogP contribution in [0.1, 0.15) is 6.92 Å². The molecule has 0 unspecified atom stereocenters. The van der Waals surface area contributed by atoms with Crippen LogP contribution in [-0.2, 0) is 4.79 Å². The lowest BCUT2D eigenvalue weighted by Gasteiger charge is -2.17. The molecule has 0 aliphatic carbocycles. The molecule has 1 atom stereocenters. The third kappa shape index (κ3) is 4.20. The number of ether oxygens (including phenoxy) is 1. The zero-order chi connectivity index (χ0) is 17.6. The van der Waals surface area contributed by atoms with Crippen LogP contribution in [0.2, 0.25) is 5.02 Å². The van der Waals surface area contributed by atoms with E-state index in [1.54, 1.807) is 19.1 Å². The van der Waals surface area contributed by atoms with Crippen LogP contribution in [0.3, 0.4) is 0 Å². The van der Waals surface area contributed by atoms with E-state index in [0.29, 0.717) is 10.8 Å². The van der Waals surface area contributed by atoms with Gasteiger partial charge in [0.1, 0.15) is 5.75 Å². The van der Waals surface area contributed by atoms with Crippen LogP contribution in [-0.4, -0.2) is 12.0 Å². The van der Waals surface area contributed by atoms with E-state index in [9.17, 15) is 4.79 Å². The van der Waals surface area contributed by atoms with Gasteiger partial charge in [-0.1, -0.05) is 72.3 Å². The summed E-state index contributed by atoms with van der Waals surface area (Å²) >= 11 is 6.08. The first-order valence-corrected chi connectivity index (χ1v) is 8.39. The van der Waals surface area contributed by atoms with E-state index in [0.717, 1.165) is 16.8 Å². The topological polar surface area (TPSA) is 38.3 Å². The third-order valence-corrected chi connectivity index (χ3v) is 4.09. The summed E-state index contributed by atoms with van der Waals surface area (Å²) in [6.07, 6.45) is -0.677. The molecule has 0 bridgehead atoms. The van der Waals surface area contributed by atoms with Crippen LogP contribution in [0.25, 0.3) is 11.1 Å². The molecule has 126 valence electrons. The van der Waals surface area contributed by atoms with Crippen molar-refractivity contribution < 1.29 is 9.53 Å². The zero-order valence-corrected chi connectivity index (χ0v) is 14.5. The Bertz CT molecular complexity index is 865. The highest BCUT2D eigenvalue weighted by atomic mass is 35.5. The molecular formula is C21H18ClNO2. The number of amides is 1. The molecule has 0 fully saturated rings. The summed E-state index contributed by atoms with van der Waals surface area (Å²) in [6, 6.07) is 24.7. The van der Waals surface area contributed by atoms with E-state index in [1.165, 1.54) is 0 Å². The Morgan fingerprint density at radius 3 is 2.32 bits per heavy atom. The van der Waals surface area contributed by atoms with Crippen molar-refractivity contribution in [2.75, 3.05) is 5.32 Å². The molecule has 0 heterocycles. The molecule has 0 radical (unpaired) electrons. The predicted molar refractivity (Wildman–Crippen MR) is 102 cm³/mol. The van der Waals surface area contributed by atoms with Gasteiger partial charge in [0.2, 0.25) is 0 Å². The van der Waals surface area contributed by atoms with Crippen LogP contribution >= 0.6 is 11.6 Å². The van der Waals surface area contributed by atoms with Gasteiger partial charge in [-0.15, -0.1) is 0 Å². The summed E-state index contributed by atoms with van der Waals surface area (Å²) in [5, 5.41) is 3.42. The molecule has 3 nitrogen and oxygen atoms in total. The third-order valence-electron chi connectivity index (χ3n) is 3.78. The molecule has 0 saturated heterocycles. The number of carbonyl (C=O) groups is 1. The predicted octanol–water partition coefficient (Wildman–Crippen LogP) is 5.41. The number of hydrogen-bond donors (Lipinski definition) is 1. The number of halogens is 1. The fraction of sp³-hybridized carbons (Fsp3) is 0.0952. The average Bonchev–Trinajstić information content (AvgIpc) is 2.64. The minimum Gasteiger partial charge on any atom is -0.479 e. The minimum absolute atomic E-state index is 0.233. The van der Waals surface area contributed by atoms with Gasteiger partial charge in [-0.2, -0.15) is 0 Å². The number of anilines is 1. The minimum atomic E-state index is -0.677. The van der Waals surface area contributed by atoms with Gasteiger partial charge in [-0.3, -0.25) is 4.79 Å². The smallest absolute Gasteiger partial charge is 0.265 e. The molecule has 0 saturated carbocycles. The normalized spacial score (nSPS) is 11.6. The van der Waals surface area contributed by atoms with Gasteiger partial charge in [0.05, 0.1) is 5.02 Å². The Kier molecular flexibility index (Phi) is 5.36. The Morgan fingerprint density at radius 1 is 0.920 bits per heavy atom. The zero-order valence-electron chi connectivity index (χ0n) is 13.8. The lowest BCUT2D eigenvalue weighted by Crippen LogP contribution is -2.30. The van der Waals surface area contributed by atoms with Crippen molar-refractivity contribution in [2.24, 2.45) is 0 Å². The standard InChI is InChI=1S/C21H18ClNO2/c1-15(25-20-14-8-6-12-18(20)22)21(24)23-19-13-7-5-11-17(19)16-9-3-2-4-10-16/h2-15H,1H3,(H,23,24)/t15-/m0/s1. The van der Waals surface area contributed by atoms with Crippen molar-refractivity contribution in [3.05, 3.63) is 83.9 Å². The summed E-state index contributed by atoms with van der Waals surface area (Å²) in [5.41, 5.74) is 2.74. The van der Waals surface area contributed by atoms with Crippen LogP contribution in [0, 0.1) is 0 Å². The van der Waals surface area contributed by atoms with Crippen molar-refractivity contribution in [1.29, 1.82) is 0 Å². The monoisotopic (exact) mass is 351 g/mol. The van der Waals surface area contributed by atoms with Gasteiger partial charge >= 0.3 is 0 Å². The fourth-order valence-corrected chi connectivity index (χ4v) is 2.66. The van der Waals surface area contributed by atoms with Crippen molar-refractivity contribution in [3.63, 3.8) is 0 Å². The quantitative estimate of drug-likeness (QED) is 0.667. The van der Waals surface area contributed by atoms with E-state index >= 15 is 0 Å². The molecule has 1 amide bonds. The molecule has 3 aromatic rings. The maximum Gasteiger partial charge on any atom is 0.265 e. The molecule has 3 rings (SSSR count). The van der Waals surface area contributed by atoms with Gasteiger partial charge in [-0.05, 0) is 30.7 Å². The number of hydrogen-bond acceptors (Lipinski definition) is 2. The largest absolute Gasteiger partial charge is 0.479 e. The van der Waals surface area contributed by atoms with E-state index in [4.69, 9.17) is 16.3 Å². The Morgan fingerprint density at radius 2 is 1.56 bits per heavy atom. The molecule has 3 aromatic carbocycles. The van der Waals surface area contributed by atoms with Crippen molar-refractivity contribution in [3.8, 4) is 16.9 Å². The van der Waals surface area contributed by atoms with E-state index in [1.807, 2.05) is 66.7 Å². The Labute approximate surface area is 152 Å². The van der Waals surface area contributed by atoms with Crippen molar-refractivity contribution in [1.82, 2.24) is 0 Å². The lowest BCUT2D eigenvalue weighted by molar-refractivity contribution is -0.122. The highest BCUT2D eigenvalue weighted by Crippen LogP contribution is 2.28. The number of rotatable bonds is 5. The van der Waals surface area contributed by atoms with E-state index in [-0.39, 0.29) is 5.91 Å². The van der Waals surface area contributed by atoms with Gasteiger partial charge in [0, 0.05) is 11.3 Å². The average molecular weight is 352 g/mol. The van der Waals surface area contributed by atoms with Crippen LogP contribution in [0.4, 0.5) is 5.69 Å². The van der Waals surface area contributed by atoms with Crippen LogP contribution < -0.4 is 10.1 Å². The van der Waals surface area contributed by atoms with Gasteiger partial charge < -0.3 is 10.1 Å². The Hall–Kier alpha value is -2.78. The van der Waals surface area contributed by atoms with Gasteiger partial charge in [0.25, 0.3) is 5.91 Å². The summed E-state index contributed by atoms with van der Waals surface area (Å²) in [4.78, 5) is 12.5. The summed E-state index contributed by atoms with van der Waals surface area (Å²) < 4.78 is 5.68. The van der Waals surface area contributed by atoms with Crippen molar-refractivity contribution >= 4 is 23.2 Å². The van der Waals surface area contributed by atoms with E-state index in [2.05, 4.69) is 5.32 Å². The summed E-state index contributed by atoms with van der Waals surface area (Å²) in [5.74, 6) is 0.256. The fourth-order valence-electron chi connectivity index (χ4n) is 2.48. The highest BCUT2D eigenvalue weighted by Gasteiger charge is 2.17. The molecular weight excluding hydrogens is 334 g/mol. The molecule has 0 spiro atoms. The molecule has 0 aromatic heterocycles. The van der Waals surface area contributed by atoms with Gasteiger partial charge in [-0.25, -0.2) is 0 Å². The lowest BCUT2D eigenvalue weighted by atomic mass is 10.0. The van der Waals surface area contributed by atoms with Crippen LogP contribution in [0.15, 0.2) is 78.9 Å². The summed E-state index contributed by atoms with van der Waals surface area (Å²) in [6.45, 7) is 1.70. The molecule has 0 aliphatic heterocycles. The molecule has 25 heavy (non-hydrogen) atoms. The number of para-hydroxylation sites is 2. The number of carbonyl (C=O) groups excluding carboxylic acids is 1. The van der Waals surface area contributed by atoms with Crippen molar-refractivity contribution in [2.45, 2.75) is 13.0 Å². The number of nitrogens with one attached hydrogen (secondary N) is 1. The second-order valence-corrected chi connectivity index (χ2v) is 6.00. The highest BCUT2D eigenvalue weighted by molar-refractivity contribution is 6.32. The first-order chi connectivity index (χ1) is 12.1. The van der Waals surface area contributed by atoms with E-state index < -0.39 is 6.10 Å². The molecule has 4 heteroatoms. The maximum atomic E-state index is 12.5. The molecule has 1 N–H and O–H groups in total. The van der Waals surface area contributed by atoms with Crippen LogP contribution in [0.5, 0.6) is 5.75 Å². The second kappa shape index (κ2) is 7.86. The maximum absolute atomic E-state index is 12.5. The Balaban J connectivity index is 1.76. The first kappa shape index (κ1) is 17.1. The SMILES string of the molecule is C[C@H](Oc1ccccc1Cl)C(=O)Nc1ccccc1-c1ccccc1. The van der Waals surface area contributed by atoms with Gasteiger partial charge in [0.15, 0.2) is 6.10 Å². The first-order valence-electron chi connectivity index (χ1n) is 8.01.